The standard InChI is InChI=1S/C26H20F4N6O/c1-14-5-3-4-6-23(14)36-25(16-8-7-15(24(31)37)11-21(16)34-36)32-22-12-17(20-9-10-35(2)33-20)18(13-19(22)27)26(28,29)30/h3-13,32H,1-2H3,(H2,31,37). The predicted molar refractivity (Wildman–Crippen MR) is 131 cm³/mol. The molecule has 0 radical (unpaired) electrons. The van der Waals surface area contributed by atoms with Crippen LogP contribution in [0.4, 0.5) is 29.1 Å². The molecule has 0 aliphatic rings. The maximum Gasteiger partial charge on any atom is 0.417 e. The SMILES string of the molecule is Cc1ccccc1-n1nc2cc(C(N)=O)ccc2c1Nc1cc(-c2ccn(C)n2)c(C(F)(F)F)cc1F. The van der Waals surface area contributed by atoms with E-state index < -0.39 is 23.5 Å². The molecule has 0 aliphatic carbocycles. The average molecular weight is 508 g/mol. The van der Waals surface area contributed by atoms with Crippen LogP contribution in [0.25, 0.3) is 27.8 Å². The molecule has 1 amide bonds. The van der Waals surface area contributed by atoms with Gasteiger partial charge in [-0.05, 0) is 55.0 Å². The molecule has 0 saturated heterocycles. The highest BCUT2D eigenvalue weighted by molar-refractivity contribution is 6.00. The zero-order valence-corrected chi connectivity index (χ0v) is 19.6. The molecule has 3 N–H and O–H groups in total. The van der Waals surface area contributed by atoms with Gasteiger partial charge in [-0.2, -0.15) is 23.4 Å². The van der Waals surface area contributed by atoms with Crippen molar-refractivity contribution in [1.82, 2.24) is 19.6 Å². The molecule has 2 aromatic heterocycles. The fourth-order valence-electron chi connectivity index (χ4n) is 4.14. The van der Waals surface area contributed by atoms with Crippen LogP contribution in [0, 0.1) is 12.7 Å². The zero-order valence-electron chi connectivity index (χ0n) is 19.6. The monoisotopic (exact) mass is 508 g/mol. The molecule has 7 nitrogen and oxygen atoms in total. The number of fused-ring (bicyclic) bond motifs is 1. The van der Waals surface area contributed by atoms with Crippen LogP contribution in [0.15, 0.2) is 66.9 Å². The van der Waals surface area contributed by atoms with Crippen LogP contribution in [0.1, 0.15) is 21.5 Å². The molecule has 0 bridgehead atoms. The first-order chi connectivity index (χ1) is 17.5. The maximum absolute atomic E-state index is 15.2. The summed E-state index contributed by atoms with van der Waals surface area (Å²) < 4.78 is 59.5. The first-order valence-corrected chi connectivity index (χ1v) is 11.1. The van der Waals surface area contributed by atoms with Gasteiger partial charge in [0.1, 0.15) is 11.6 Å². The summed E-state index contributed by atoms with van der Waals surface area (Å²) in [7, 11) is 1.58. The van der Waals surface area contributed by atoms with Crippen LogP contribution < -0.4 is 11.1 Å². The molecule has 3 aromatic carbocycles. The number of hydrogen-bond acceptors (Lipinski definition) is 4. The molecule has 11 heteroatoms. The summed E-state index contributed by atoms with van der Waals surface area (Å²) in [6, 6.07) is 14.9. The highest BCUT2D eigenvalue weighted by Gasteiger charge is 2.35. The number of rotatable bonds is 5. The molecule has 5 aromatic rings. The molecule has 0 fully saturated rings. The molecule has 2 heterocycles. The van der Waals surface area contributed by atoms with Crippen LogP contribution in [0.2, 0.25) is 0 Å². The summed E-state index contributed by atoms with van der Waals surface area (Å²) in [5, 5.41) is 12.1. The van der Waals surface area contributed by atoms with Crippen LogP contribution in [0.5, 0.6) is 0 Å². The van der Waals surface area contributed by atoms with E-state index >= 15 is 4.39 Å². The Morgan fingerprint density at radius 3 is 2.43 bits per heavy atom. The number of nitrogens with one attached hydrogen (secondary N) is 1. The Bertz CT molecular complexity index is 1670. The summed E-state index contributed by atoms with van der Waals surface area (Å²) >= 11 is 0. The molecule has 0 saturated carbocycles. The number of halogens is 4. The summed E-state index contributed by atoms with van der Waals surface area (Å²) in [5.41, 5.74) is 5.94. The van der Waals surface area contributed by atoms with Crippen LogP contribution in [0.3, 0.4) is 0 Å². The van der Waals surface area contributed by atoms with Crippen molar-refractivity contribution in [1.29, 1.82) is 0 Å². The van der Waals surface area contributed by atoms with E-state index in [1.165, 1.54) is 33.8 Å². The number of primary amides is 1. The third kappa shape index (κ3) is 4.39. The fourth-order valence-corrected chi connectivity index (χ4v) is 4.14. The normalized spacial score (nSPS) is 11.7. The number of amides is 1. The van der Waals surface area contributed by atoms with Crippen LogP contribution in [-0.2, 0) is 13.2 Å². The average Bonchev–Trinajstić information content (AvgIpc) is 3.43. The fraction of sp³-hybridized carbons (Fsp3) is 0.115. The Kier molecular flexibility index (Phi) is 5.70. The minimum Gasteiger partial charge on any atom is -0.366 e. The number of nitrogens with two attached hydrogens (primary N) is 1. The first-order valence-electron chi connectivity index (χ1n) is 11.1. The molecule has 5 rings (SSSR count). The van der Waals surface area contributed by atoms with E-state index in [9.17, 15) is 18.0 Å². The lowest BCUT2D eigenvalue weighted by atomic mass is 10.0. The van der Waals surface area contributed by atoms with Crippen molar-refractivity contribution in [3.05, 3.63) is 89.4 Å². The number of carbonyl (C=O) groups excluding carboxylic acids is 1. The molecule has 188 valence electrons. The minimum absolute atomic E-state index is 0.0428. The second-order valence-electron chi connectivity index (χ2n) is 8.52. The molecular weight excluding hydrogens is 488 g/mol. The summed E-state index contributed by atoms with van der Waals surface area (Å²) in [6.07, 6.45) is -3.30. The molecular formula is C26H20F4N6O. The maximum atomic E-state index is 15.2. The van der Waals surface area contributed by atoms with E-state index in [0.717, 1.165) is 11.6 Å². The van der Waals surface area contributed by atoms with Gasteiger partial charge in [0.15, 0.2) is 0 Å². The lowest BCUT2D eigenvalue weighted by Crippen LogP contribution is -2.10. The molecule has 0 spiro atoms. The van der Waals surface area contributed by atoms with E-state index in [2.05, 4.69) is 15.5 Å². The summed E-state index contributed by atoms with van der Waals surface area (Å²) in [6.45, 7) is 1.86. The Balaban J connectivity index is 1.73. The van der Waals surface area contributed by atoms with E-state index in [4.69, 9.17) is 5.73 Å². The number of nitrogens with zero attached hydrogens (tertiary/aromatic N) is 4. The number of alkyl halides is 3. The quantitative estimate of drug-likeness (QED) is 0.297. The number of hydrogen-bond donors (Lipinski definition) is 2. The van der Waals surface area contributed by atoms with Gasteiger partial charge in [0.2, 0.25) is 5.91 Å². The van der Waals surface area contributed by atoms with E-state index in [-0.39, 0.29) is 22.5 Å². The summed E-state index contributed by atoms with van der Waals surface area (Å²) in [4.78, 5) is 11.7. The van der Waals surface area contributed by atoms with Gasteiger partial charge >= 0.3 is 6.18 Å². The lowest BCUT2D eigenvalue weighted by Gasteiger charge is -2.17. The van der Waals surface area contributed by atoms with Gasteiger partial charge in [0.05, 0.1) is 28.1 Å². The van der Waals surface area contributed by atoms with Crippen molar-refractivity contribution in [2.45, 2.75) is 13.1 Å². The van der Waals surface area contributed by atoms with Crippen LogP contribution in [-0.4, -0.2) is 25.5 Å². The second-order valence-corrected chi connectivity index (χ2v) is 8.52. The third-order valence-electron chi connectivity index (χ3n) is 5.96. The number of para-hydroxylation sites is 1. The van der Waals surface area contributed by atoms with Crippen molar-refractivity contribution in [2.24, 2.45) is 12.8 Å². The molecule has 37 heavy (non-hydrogen) atoms. The van der Waals surface area contributed by atoms with Crippen molar-refractivity contribution in [3.63, 3.8) is 0 Å². The highest BCUT2D eigenvalue weighted by atomic mass is 19.4. The number of anilines is 2. The van der Waals surface area contributed by atoms with Gasteiger partial charge < -0.3 is 11.1 Å². The Morgan fingerprint density at radius 1 is 1.03 bits per heavy atom. The first kappa shape index (κ1) is 24.0. The van der Waals surface area contributed by atoms with Gasteiger partial charge in [0.25, 0.3) is 0 Å². The van der Waals surface area contributed by atoms with Crippen molar-refractivity contribution in [3.8, 4) is 16.9 Å². The topological polar surface area (TPSA) is 90.8 Å². The van der Waals surface area contributed by atoms with Gasteiger partial charge in [0, 0.05) is 29.8 Å². The van der Waals surface area contributed by atoms with Gasteiger partial charge in [-0.3, -0.25) is 9.48 Å². The van der Waals surface area contributed by atoms with Crippen molar-refractivity contribution < 1.29 is 22.4 Å². The Hall–Kier alpha value is -4.67. The number of carbonyl (C=O) groups is 1. The van der Waals surface area contributed by atoms with Gasteiger partial charge in [-0.1, -0.05) is 18.2 Å². The van der Waals surface area contributed by atoms with Gasteiger partial charge in [-0.15, -0.1) is 0 Å². The highest BCUT2D eigenvalue weighted by Crippen LogP contribution is 2.40. The zero-order chi connectivity index (χ0) is 26.5. The minimum atomic E-state index is -4.80. The van der Waals surface area contributed by atoms with E-state index in [1.54, 1.807) is 25.2 Å². The number of aromatic nitrogens is 4. The van der Waals surface area contributed by atoms with Crippen molar-refractivity contribution in [2.75, 3.05) is 5.32 Å². The van der Waals surface area contributed by atoms with Crippen LogP contribution >= 0.6 is 0 Å². The largest absolute Gasteiger partial charge is 0.417 e. The smallest absolute Gasteiger partial charge is 0.366 e. The van der Waals surface area contributed by atoms with E-state index in [0.29, 0.717) is 28.5 Å². The third-order valence-corrected chi connectivity index (χ3v) is 5.96. The summed E-state index contributed by atoms with van der Waals surface area (Å²) in [5.74, 6) is -1.45. The molecule has 0 aliphatic heterocycles. The second kappa shape index (κ2) is 8.77. The predicted octanol–water partition coefficient (Wildman–Crippen LogP) is 5.73. The Labute approximate surface area is 208 Å². The van der Waals surface area contributed by atoms with E-state index in [1.807, 2.05) is 19.1 Å². The van der Waals surface area contributed by atoms with Crippen molar-refractivity contribution >= 4 is 28.3 Å². The Morgan fingerprint density at radius 2 is 1.78 bits per heavy atom. The lowest BCUT2D eigenvalue weighted by molar-refractivity contribution is -0.137. The van der Waals surface area contributed by atoms with Gasteiger partial charge in [-0.25, -0.2) is 9.07 Å². The molecule has 0 unspecified atom stereocenters. The number of benzene rings is 3. The number of aryl methyl sites for hydroxylation is 2. The molecule has 0 atom stereocenters.